The van der Waals surface area contributed by atoms with Crippen LogP contribution in [-0.4, -0.2) is 27.8 Å². The van der Waals surface area contributed by atoms with Crippen LogP contribution in [0.15, 0.2) is 72.9 Å². The van der Waals surface area contributed by atoms with Gasteiger partial charge in [-0.3, -0.25) is 9.58 Å². The summed E-state index contributed by atoms with van der Waals surface area (Å²) in [6, 6.07) is 24.4. The molecule has 0 radical (unpaired) electrons. The van der Waals surface area contributed by atoms with Gasteiger partial charge in [0.1, 0.15) is 0 Å². The molecule has 0 N–H and O–H groups in total. The zero-order chi connectivity index (χ0) is 15.6. The van der Waals surface area contributed by atoms with Gasteiger partial charge in [0, 0.05) is 19.3 Å². The molecule has 1 aliphatic rings. The van der Waals surface area contributed by atoms with E-state index in [1.165, 1.54) is 11.1 Å². The molecule has 2 heterocycles. The normalized spacial score (nSPS) is 15.7. The zero-order valence-electron chi connectivity index (χ0n) is 13.3. The third-order valence-corrected chi connectivity index (χ3v) is 4.60. The molecule has 0 saturated carbocycles. The summed E-state index contributed by atoms with van der Waals surface area (Å²) in [4.78, 5) is 2.53. The first-order chi connectivity index (χ1) is 11.3. The molecule has 0 spiro atoms. The second kappa shape index (κ2) is 6.01. The molecule has 0 aliphatic carbocycles. The van der Waals surface area contributed by atoms with Crippen molar-refractivity contribution in [1.29, 1.82) is 0 Å². The molecule has 116 valence electrons. The molecule has 2 aromatic carbocycles. The van der Waals surface area contributed by atoms with Crippen LogP contribution in [0.5, 0.6) is 0 Å². The molecule has 1 saturated heterocycles. The lowest BCUT2D eigenvalue weighted by Gasteiger charge is -2.44. The molecule has 23 heavy (non-hydrogen) atoms. The molecule has 0 amide bonds. The Labute approximate surface area is 137 Å². The number of hydrogen-bond acceptors (Lipinski definition) is 2. The summed E-state index contributed by atoms with van der Waals surface area (Å²) in [7, 11) is 0. The van der Waals surface area contributed by atoms with E-state index in [0.717, 1.165) is 18.8 Å². The van der Waals surface area contributed by atoms with E-state index in [1.807, 2.05) is 6.92 Å². The van der Waals surface area contributed by atoms with Crippen LogP contribution in [0.2, 0.25) is 0 Å². The highest BCUT2D eigenvalue weighted by Gasteiger charge is 2.35. The summed E-state index contributed by atoms with van der Waals surface area (Å²) >= 11 is 0. The van der Waals surface area contributed by atoms with Gasteiger partial charge in [-0.2, -0.15) is 5.10 Å². The first-order valence-corrected chi connectivity index (χ1v) is 8.17. The van der Waals surface area contributed by atoms with Crippen molar-refractivity contribution < 1.29 is 0 Å². The van der Waals surface area contributed by atoms with Crippen LogP contribution in [0, 0.1) is 6.92 Å². The highest BCUT2D eigenvalue weighted by atomic mass is 15.4. The summed E-state index contributed by atoms with van der Waals surface area (Å²) in [5, 5.41) is 4.56. The summed E-state index contributed by atoms with van der Waals surface area (Å²) in [5.74, 6) is 0. The van der Waals surface area contributed by atoms with Gasteiger partial charge < -0.3 is 0 Å². The average Bonchev–Trinajstić information content (AvgIpc) is 2.98. The molecule has 3 aromatic rings. The van der Waals surface area contributed by atoms with Gasteiger partial charge in [0.25, 0.3) is 0 Å². The third-order valence-electron chi connectivity index (χ3n) is 4.60. The maximum Gasteiger partial charge on any atom is 0.0773 e. The van der Waals surface area contributed by atoms with E-state index in [4.69, 9.17) is 0 Å². The fourth-order valence-corrected chi connectivity index (χ4v) is 3.39. The summed E-state index contributed by atoms with van der Waals surface area (Å²) in [5.41, 5.74) is 3.80. The first-order valence-electron chi connectivity index (χ1n) is 8.17. The quantitative estimate of drug-likeness (QED) is 0.730. The summed E-state index contributed by atoms with van der Waals surface area (Å²) < 4.78 is 2.11. The smallest absolute Gasteiger partial charge is 0.0773 e. The van der Waals surface area contributed by atoms with Crippen LogP contribution in [-0.2, 0) is 0 Å². The van der Waals surface area contributed by atoms with Gasteiger partial charge >= 0.3 is 0 Å². The molecule has 0 unspecified atom stereocenters. The topological polar surface area (TPSA) is 21.1 Å². The maximum absolute atomic E-state index is 4.56. The van der Waals surface area contributed by atoms with E-state index in [2.05, 4.69) is 87.6 Å². The standard InChI is InChI=1S/C20H21N3/c1-16-12-13-23(21-16)19-14-22(15-19)20(17-8-4-2-5-9-17)18-10-6-3-7-11-18/h2-13,19-20H,14-15H2,1H3. The van der Waals surface area contributed by atoms with Gasteiger partial charge in [-0.1, -0.05) is 60.7 Å². The lowest BCUT2D eigenvalue weighted by atomic mass is 9.93. The molecule has 3 nitrogen and oxygen atoms in total. The van der Waals surface area contributed by atoms with E-state index in [0.29, 0.717) is 12.1 Å². The average molecular weight is 303 g/mol. The molecule has 4 rings (SSSR count). The zero-order valence-corrected chi connectivity index (χ0v) is 13.3. The van der Waals surface area contributed by atoms with Crippen LogP contribution in [0.1, 0.15) is 28.9 Å². The third kappa shape index (κ3) is 2.80. The minimum Gasteiger partial charge on any atom is -0.288 e. The Morgan fingerprint density at radius 1 is 0.870 bits per heavy atom. The lowest BCUT2D eigenvalue weighted by Crippen LogP contribution is -2.49. The number of aromatic nitrogens is 2. The van der Waals surface area contributed by atoms with Crippen molar-refractivity contribution in [1.82, 2.24) is 14.7 Å². The van der Waals surface area contributed by atoms with E-state index in [9.17, 15) is 0 Å². The second-order valence-electron chi connectivity index (χ2n) is 6.27. The van der Waals surface area contributed by atoms with Crippen molar-refractivity contribution in [2.24, 2.45) is 0 Å². The number of aryl methyl sites for hydroxylation is 1. The summed E-state index contributed by atoms with van der Waals surface area (Å²) in [6.45, 7) is 4.12. The Balaban J connectivity index is 1.58. The van der Waals surface area contributed by atoms with E-state index in [1.54, 1.807) is 0 Å². The van der Waals surface area contributed by atoms with Crippen molar-refractivity contribution >= 4 is 0 Å². The summed E-state index contributed by atoms with van der Waals surface area (Å²) in [6.07, 6.45) is 2.09. The van der Waals surface area contributed by atoms with Gasteiger partial charge in [0.05, 0.1) is 17.8 Å². The number of nitrogens with zero attached hydrogens (tertiary/aromatic N) is 3. The SMILES string of the molecule is Cc1ccn(C2CN(C(c3ccccc3)c3ccccc3)C2)n1. The van der Waals surface area contributed by atoms with Crippen molar-refractivity contribution in [3.8, 4) is 0 Å². The van der Waals surface area contributed by atoms with Gasteiger partial charge in [-0.05, 0) is 24.1 Å². The van der Waals surface area contributed by atoms with Crippen molar-refractivity contribution in [3.63, 3.8) is 0 Å². The van der Waals surface area contributed by atoms with Crippen LogP contribution >= 0.6 is 0 Å². The minimum absolute atomic E-state index is 0.324. The molecule has 1 fully saturated rings. The Morgan fingerprint density at radius 3 is 1.91 bits per heavy atom. The highest BCUT2D eigenvalue weighted by Crippen LogP contribution is 2.35. The van der Waals surface area contributed by atoms with Crippen molar-refractivity contribution in [3.05, 3.63) is 89.7 Å². The van der Waals surface area contributed by atoms with Gasteiger partial charge in [0.15, 0.2) is 0 Å². The maximum atomic E-state index is 4.56. The largest absolute Gasteiger partial charge is 0.288 e. The van der Waals surface area contributed by atoms with E-state index < -0.39 is 0 Å². The Morgan fingerprint density at radius 2 is 1.43 bits per heavy atom. The van der Waals surface area contributed by atoms with E-state index >= 15 is 0 Å². The Kier molecular flexibility index (Phi) is 3.72. The molecular weight excluding hydrogens is 282 g/mol. The van der Waals surface area contributed by atoms with Crippen LogP contribution in [0.3, 0.4) is 0 Å². The fraction of sp³-hybridized carbons (Fsp3) is 0.250. The first kappa shape index (κ1) is 14.2. The van der Waals surface area contributed by atoms with Crippen LogP contribution in [0.25, 0.3) is 0 Å². The minimum atomic E-state index is 0.324. The predicted molar refractivity (Wildman–Crippen MR) is 92.3 cm³/mol. The fourth-order valence-electron chi connectivity index (χ4n) is 3.39. The van der Waals surface area contributed by atoms with Gasteiger partial charge in [-0.15, -0.1) is 0 Å². The molecule has 1 aromatic heterocycles. The van der Waals surface area contributed by atoms with Crippen LogP contribution in [0.4, 0.5) is 0 Å². The Hall–Kier alpha value is -2.39. The molecular formula is C20H21N3. The van der Waals surface area contributed by atoms with Crippen molar-refractivity contribution in [2.45, 2.75) is 19.0 Å². The molecule has 1 aliphatic heterocycles. The monoisotopic (exact) mass is 303 g/mol. The molecule has 3 heteroatoms. The van der Waals surface area contributed by atoms with Crippen LogP contribution < -0.4 is 0 Å². The highest BCUT2D eigenvalue weighted by molar-refractivity contribution is 5.32. The molecule has 0 bridgehead atoms. The van der Waals surface area contributed by atoms with Crippen molar-refractivity contribution in [2.75, 3.05) is 13.1 Å². The lowest BCUT2D eigenvalue weighted by molar-refractivity contribution is 0.0680. The second-order valence-corrected chi connectivity index (χ2v) is 6.27. The van der Waals surface area contributed by atoms with Gasteiger partial charge in [0.2, 0.25) is 0 Å². The molecule has 0 atom stereocenters. The van der Waals surface area contributed by atoms with Gasteiger partial charge in [-0.25, -0.2) is 0 Å². The number of hydrogen-bond donors (Lipinski definition) is 0. The number of rotatable bonds is 4. The Bertz CT molecular complexity index is 718. The number of likely N-dealkylation sites (tertiary alicyclic amines) is 1. The van der Waals surface area contributed by atoms with E-state index in [-0.39, 0.29) is 0 Å². The number of benzene rings is 2. The predicted octanol–water partition coefficient (Wildman–Crippen LogP) is 3.84.